The second kappa shape index (κ2) is 14.9. The number of anilines is 3. The number of fused-ring (bicyclic) bond motifs is 2. The fourth-order valence-corrected chi connectivity index (χ4v) is 5.52. The van der Waals surface area contributed by atoms with Crippen LogP contribution in [-0.4, -0.2) is 50.6 Å². The molecule has 0 fully saturated rings. The summed E-state index contributed by atoms with van der Waals surface area (Å²) in [6.45, 7) is 0.505. The van der Waals surface area contributed by atoms with Gasteiger partial charge in [-0.3, -0.25) is 4.79 Å². The number of aryl methyl sites for hydroxylation is 1. The van der Waals surface area contributed by atoms with E-state index >= 15 is 0 Å². The highest BCUT2D eigenvalue weighted by Crippen LogP contribution is 2.26. The molecule has 0 saturated carbocycles. The van der Waals surface area contributed by atoms with Crippen molar-refractivity contribution in [1.82, 2.24) is 20.2 Å². The molecule has 1 aliphatic carbocycles. The molecule has 18 heteroatoms. The number of terminal acetylenes is 1. The molecule has 258 valence electrons. The molecule has 4 N–H and O–H groups in total. The number of amides is 3. The predicted octanol–water partition coefficient (Wildman–Crippen LogP) is 5.23. The van der Waals surface area contributed by atoms with E-state index in [2.05, 4.69) is 48.0 Å². The zero-order chi connectivity index (χ0) is 36.1. The Bertz CT molecular complexity index is 2300. The number of hydrogen-bond donors (Lipinski definition) is 4. The van der Waals surface area contributed by atoms with E-state index in [1.165, 1.54) is 15.9 Å². The van der Waals surface area contributed by atoms with E-state index in [9.17, 15) is 22.8 Å². The SMILES string of the molecule is C#CC[n+]1c2c(cc3cc(NC(=O)c4ccccc4NC(=O)Nc4cccc(-n5[nH]nnc5=S)c4)ccc31)CCCC2.O=S(=O)([O-])C(F)(F)F. The van der Waals surface area contributed by atoms with Crippen molar-refractivity contribution in [3.63, 3.8) is 0 Å². The summed E-state index contributed by atoms with van der Waals surface area (Å²) >= 11 is 5.15. The van der Waals surface area contributed by atoms with E-state index < -0.39 is 21.7 Å². The molecule has 0 saturated heterocycles. The Morgan fingerprint density at radius 1 is 1.00 bits per heavy atom. The Morgan fingerprint density at radius 3 is 2.42 bits per heavy atom. The lowest BCUT2D eigenvalue weighted by molar-refractivity contribution is -0.667. The number of nitrogens with zero attached hydrogens (tertiary/aromatic N) is 4. The highest BCUT2D eigenvalue weighted by molar-refractivity contribution is 7.86. The molecule has 2 aromatic heterocycles. The minimum atomic E-state index is -6.09. The van der Waals surface area contributed by atoms with E-state index in [1.807, 2.05) is 18.2 Å². The maximum atomic E-state index is 13.4. The Morgan fingerprint density at radius 2 is 1.72 bits per heavy atom. The number of tetrazole rings is 1. The van der Waals surface area contributed by atoms with Gasteiger partial charge in [0.25, 0.3) is 5.91 Å². The van der Waals surface area contributed by atoms with Crippen molar-refractivity contribution < 1.29 is 40.3 Å². The fourth-order valence-electron chi connectivity index (χ4n) is 5.34. The molecular formula is C32H27F3N8O5S2. The molecule has 0 spiro atoms. The van der Waals surface area contributed by atoms with E-state index in [4.69, 9.17) is 31.6 Å². The average Bonchev–Trinajstić information content (AvgIpc) is 3.50. The number of para-hydroxylation sites is 1. The molecular weight excluding hydrogens is 698 g/mol. The summed E-state index contributed by atoms with van der Waals surface area (Å²) in [6, 6.07) is 21.4. The molecule has 50 heavy (non-hydrogen) atoms. The molecule has 3 aromatic carbocycles. The lowest BCUT2D eigenvalue weighted by atomic mass is 9.94. The molecule has 2 heterocycles. The highest BCUT2D eigenvalue weighted by Gasteiger charge is 2.37. The van der Waals surface area contributed by atoms with Crippen molar-refractivity contribution in [1.29, 1.82) is 0 Å². The van der Waals surface area contributed by atoms with Crippen LogP contribution in [0.25, 0.3) is 16.6 Å². The third kappa shape index (κ3) is 8.31. The summed E-state index contributed by atoms with van der Waals surface area (Å²) in [6.07, 6.45) is 10.1. The van der Waals surface area contributed by atoms with Crippen LogP contribution in [0.2, 0.25) is 0 Å². The zero-order valence-corrected chi connectivity index (χ0v) is 27.5. The number of benzene rings is 3. The molecule has 13 nitrogen and oxygen atoms in total. The predicted molar refractivity (Wildman–Crippen MR) is 179 cm³/mol. The number of alkyl halides is 3. The summed E-state index contributed by atoms with van der Waals surface area (Å²) < 4.78 is 62.9. The standard InChI is InChI=1S/C31H26N8O2S.CHF3O3S/c1-2-16-38-27-13-6-3-8-20(27)17-21-18-23(14-15-28(21)38)32-29(40)25-11-4-5-12-26(25)34-30(41)33-22-9-7-10-24(19-22)39-31(42)35-36-37-39;2-1(3,4)8(5,6)7/h1,4-5,7,9-12,14-15,17-19H,3,6,8,13,16H2,(H3-,32,33,34,35,37,40,41,42);(H,5,6,7). The van der Waals surface area contributed by atoms with Crippen LogP contribution >= 0.6 is 12.2 Å². The number of rotatable bonds is 6. The number of H-pyrrole nitrogens is 1. The van der Waals surface area contributed by atoms with Gasteiger partial charge >= 0.3 is 11.5 Å². The summed E-state index contributed by atoms with van der Waals surface area (Å²) in [5.74, 6) is 2.44. The summed E-state index contributed by atoms with van der Waals surface area (Å²) in [5, 5.41) is 19.7. The van der Waals surface area contributed by atoms with Crippen LogP contribution in [0.15, 0.2) is 72.8 Å². The number of carbonyl (C=O) groups is 2. The minimum Gasteiger partial charge on any atom is -0.741 e. The van der Waals surface area contributed by atoms with E-state index in [0.29, 0.717) is 34.9 Å². The number of urea groups is 1. The van der Waals surface area contributed by atoms with Crippen LogP contribution in [0.4, 0.5) is 35.0 Å². The van der Waals surface area contributed by atoms with Crippen molar-refractivity contribution in [2.24, 2.45) is 0 Å². The van der Waals surface area contributed by atoms with Gasteiger partial charge in [0, 0.05) is 34.8 Å². The van der Waals surface area contributed by atoms with Crippen molar-refractivity contribution in [3.05, 3.63) is 94.4 Å². The molecule has 0 radical (unpaired) electrons. The molecule has 3 amide bonds. The fraction of sp³-hybridized carbons (Fsp3) is 0.188. The third-order valence-electron chi connectivity index (χ3n) is 7.50. The number of aromatic nitrogens is 5. The van der Waals surface area contributed by atoms with Crippen LogP contribution in [0, 0.1) is 17.1 Å². The lowest BCUT2D eigenvalue weighted by Crippen LogP contribution is -2.41. The van der Waals surface area contributed by atoms with Crippen molar-refractivity contribution in [2.75, 3.05) is 16.0 Å². The lowest BCUT2D eigenvalue weighted by Gasteiger charge is -2.16. The number of halogens is 3. The topological polar surface area (TPSA) is 178 Å². The average molecular weight is 725 g/mol. The van der Waals surface area contributed by atoms with E-state index in [1.54, 1.807) is 48.5 Å². The molecule has 5 aromatic rings. The van der Waals surface area contributed by atoms with Crippen LogP contribution in [0.1, 0.15) is 34.5 Å². The summed E-state index contributed by atoms with van der Waals surface area (Å²) in [5.41, 5.74) is 0.520. The van der Waals surface area contributed by atoms with Crippen molar-refractivity contribution in [3.8, 4) is 18.0 Å². The molecule has 0 aliphatic heterocycles. The van der Waals surface area contributed by atoms with Gasteiger partial charge in [-0.05, 0) is 85.9 Å². The van der Waals surface area contributed by atoms with Gasteiger partial charge in [-0.25, -0.2) is 17.9 Å². The van der Waals surface area contributed by atoms with Crippen LogP contribution in [0.3, 0.4) is 0 Å². The molecule has 0 unspecified atom stereocenters. The Hall–Kier alpha value is -5.64. The molecule has 0 bridgehead atoms. The number of pyridine rings is 1. The van der Waals surface area contributed by atoms with Gasteiger partial charge in [-0.15, -0.1) is 6.42 Å². The highest BCUT2D eigenvalue weighted by atomic mass is 32.2. The van der Waals surface area contributed by atoms with Gasteiger partial charge in [-0.2, -0.15) is 23.0 Å². The largest absolute Gasteiger partial charge is 0.741 e. The monoisotopic (exact) mass is 724 g/mol. The van der Waals surface area contributed by atoms with Crippen LogP contribution < -0.4 is 20.5 Å². The molecule has 1 aliphatic rings. The van der Waals surface area contributed by atoms with Crippen LogP contribution in [0.5, 0.6) is 0 Å². The maximum Gasteiger partial charge on any atom is 0.485 e. The van der Waals surface area contributed by atoms with Gasteiger partial charge in [0.05, 0.1) is 16.9 Å². The second-order valence-electron chi connectivity index (χ2n) is 10.8. The number of aromatic amines is 1. The van der Waals surface area contributed by atoms with Gasteiger partial charge in [-0.1, -0.05) is 28.5 Å². The molecule has 6 rings (SSSR count). The smallest absolute Gasteiger partial charge is 0.485 e. The first kappa shape index (κ1) is 35.7. The van der Waals surface area contributed by atoms with Gasteiger partial charge < -0.3 is 20.5 Å². The Kier molecular flexibility index (Phi) is 10.6. The third-order valence-corrected chi connectivity index (χ3v) is 8.33. The Labute approximate surface area is 288 Å². The molecule has 0 atom stereocenters. The van der Waals surface area contributed by atoms with Gasteiger partial charge in [0.2, 0.25) is 16.8 Å². The van der Waals surface area contributed by atoms with Gasteiger partial charge in [0.1, 0.15) is 0 Å². The van der Waals surface area contributed by atoms with Crippen molar-refractivity contribution >= 4 is 62.2 Å². The maximum absolute atomic E-state index is 13.4. The second-order valence-corrected chi connectivity index (χ2v) is 12.6. The first-order valence-electron chi connectivity index (χ1n) is 14.8. The minimum absolute atomic E-state index is 0.258. The number of hydrogen-bond acceptors (Lipinski definition) is 8. The van der Waals surface area contributed by atoms with E-state index in [0.717, 1.165) is 36.6 Å². The van der Waals surface area contributed by atoms with Gasteiger partial charge in [0.15, 0.2) is 15.8 Å². The number of carbonyl (C=O) groups excluding carboxylic acids is 2. The van der Waals surface area contributed by atoms with Crippen molar-refractivity contribution in [2.45, 2.75) is 37.7 Å². The quantitative estimate of drug-likeness (QED) is 0.0605. The number of nitrogens with one attached hydrogen (secondary N) is 4. The first-order valence-corrected chi connectivity index (χ1v) is 16.6. The zero-order valence-electron chi connectivity index (χ0n) is 25.8. The Balaban J connectivity index is 0.000000544. The summed E-state index contributed by atoms with van der Waals surface area (Å²) in [4.78, 5) is 26.3. The van der Waals surface area contributed by atoms with E-state index in [-0.39, 0.29) is 10.7 Å². The normalized spacial score (nSPS) is 12.5. The first-order chi connectivity index (χ1) is 23.7. The summed E-state index contributed by atoms with van der Waals surface area (Å²) in [7, 11) is -6.09. The van der Waals surface area contributed by atoms with Crippen LogP contribution in [-0.2, 0) is 29.5 Å².